The molecule has 2 heterocycles. The van der Waals surface area contributed by atoms with Gasteiger partial charge in [-0.25, -0.2) is 9.18 Å². The number of esters is 1. The van der Waals surface area contributed by atoms with E-state index in [-0.39, 0.29) is 30.5 Å². The Morgan fingerprint density at radius 3 is 2.50 bits per heavy atom. The van der Waals surface area contributed by atoms with E-state index in [1.807, 2.05) is 0 Å². The Kier molecular flexibility index (Phi) is 10.3. The van der Waals surface area contributed by atoms with Crippen molar-refractivity contribution in [2.75, 3.05) is 17.7 Å². The molecule has 4 aromatic rings. The van der Waals surface area contributed by atoms with E-state index in [2.05, 4.69) is 30.7 Å². The molecule has 13 heteroatoms. The number of ether oxygens (including phenoxy) is 2. The molecule has 0 aliphatic rings. The van der Waals surface area contributed by atoms with Gasteiger partial charge in [-0.1, -0.05) is 6.07 Å². The number of aromatic nitrogens is 2. The van der Waals surface area contributed by atoms with E-state index in [0.29, 0.717) is 28.6 Å². The number of rotatable bonds is 12. The number of hydrogen-bond donors (Lipinski definition) is 5. The van der Waals surface area contributed by atoms with Crippen molar-refractivity contribution in [3.05, 3.63) is 90.0 Å². The van der Waals surface area contributed by atoms with Crippen LogP contribution >= 0.6 is 0 Å². The number of aryl methyl sites for hydroxylation is 1. The highest BCUT2D eigenvalue weighted by atomic mass is 19.1. The molecule has 0 radical (unpaired) electrons. The van der Waals surface area contributed by atoms with Gasteiger partial charge in [-0.15, -0.1) is 0 Å². The maximum Gasteiger partial charge on any atom is 0.323 e. The molecule has 0 fully saturated rings. The molecule has 4 rings (SSSR count). The highest BCUT2D eigenvalue weighted by Crippen LogP contribution is 2.27. The number of H-pyrrole nitrogens is 1. The second-order valence-electron chi connectivity index (χ2n) is 9.75. The Bertz CT molecular complexity index is 1660. The number of urea groups is 1. The third-order valence-corrected chi connectivity index (χ3v) is 6.35. The van der Waals surface area contributed by atoms with Crippen LogP contribution in [0.5, 0.6) is 11.5 Å². The van der Waals surface area contributed by atoms with Crippen LogP contribution in [0, 0.1) is 12.7 Å². The minimum atomic E-state index is -1.04. The number of carbonyl (C=O) groups is 4. The Morgan fingerprint density at radius 1 is 1.00 bits per heavy atom. The van der Waals surface area contributed by atoms with E-state index in [9.17, 15) is 23.6 Å². The van der Waals surface area contributed by atoms with Gasteiger partial charge in [0.2, 0.25) is 0 Å². The van der Waals surface area contributed by atoms with Gasteiger partial charge in [-0.2, -0.15) is 0 Å². The van der Waals surface area contributed by atoms with E-state index in [4.69, 9.17) is 9.84 Å². The standard InChI is InChI=1S/C31H30FN5O7/c1-18-3-9-24(32)25(13-18)37-31(42)36-20-4-7-22(8-5-20)44-23-11-12-33-27(16-23)26-14-19(17-34-26)30(41)35-21(6-10-28(38)39)15-29(40)43-2/h3-5,7-9,11-14,16-17,21,34H,6,10,15H2,1-2H3,(H,35,41)(H,38,39)(H2,36,37,42). The second-order valence-corrected chi connectivity index (χ2v) is 9.75. The zero-order chi connectivity index (χ0) is 31.6. The lowest BCUT2D eigenvalue weighted by Crippen LogP contribution is -2.37. The summed E-state index contributed by atoms with van der Waals surface area (Å²) in [5.41, 5.74) is 2.61. The van der Waals surface area contributed by atoms with E-state index in [0.717, 1.165) is 5.56 Å². The number of carbonyl (C=O) groups excluding carboxylic acids is 3. The van der Waals surface area contributed by atoms with Gasteiger partial charge in [0, 0.05) is 36.6 Å². The Labute approximate surface area is 251 Å². The molecule has 0 bridgehead atoms. The maximum atomic E-state index is 13.9. The van der Waals surface area contributed by atoms with Crippen LogP contribution in [0.3, 0.4) is 0 Å². The lowest BCUT2D eigenvalue weighted by atomic mass is 10.1. The Hall–Kier alpha value is -5.72. The molecule has 2 aromatic carbocycles. The number of anilines is 2. The first-order chi connectivity index (χ1) is 21.1. The van der Waals surface area contributed by atoms with E-state index in [1.165, 1.54) is 31.6 Å². The fourth-order valence-electron chi connectivity index (χ4n) is 4.13. The molecule has 1 unspecified atom stereocenters. The first kappa shape index (κ1) is 31.2. The molecule has 228 valence electrons. The predicted octanol–water partition coefficient (Wildman–Crippen LogP) is 5.49. The van der Waals surface area contributed by atoms with Crippen molar-refractivity contribution < 1.29 is 38.1 Å². The van der Waals surface area contributed by atoms with Crippen LogP contribution in [0.15, 0.2) is 73.1 Å². The molecule has 44 heavy (non-hydrogen) atoms. The molecule has 0 aliphatic heterocycles. The zero-order valence-corrected chi connectivity index (χ0v) is 23.8. The lowest BCUT2D eigenvalue weighted by Gasteiger charge is -2.16. The van der Waals surface area contributed by atoms with Crippen LogP contribution in [-0.2, 0) is 14.3 Å². The van der Waals surface area contributed by atoms with Gasteiger partial charge in [-0.05, 0) is 67.4 Å². The van der Waals surface area contributed by atoms with E-state index < -0.39 is 35.7 Å². The van der Waals surface area contributed by atoms with Crippen molar-refractivity contribution >= 4 is 35.3 Å². The second kappa shape index (κ2) is 14.4. The number of aromatic amines is 1. The lowest BCUT2D eigenvalue weighted by molar-refractivity contribution is -0.142. The minimum absolute atomic E-state index is 0.0615. The van der Waals surface area contributed by atoms with Gasteiger partial charge < -0.3 is 35.5 Å². The summed E-state index contributed by atoms with van der Waals surface area (Å²) in [4.78, 5) is 55.1. The van der Waals surface area contributed by atoms with Crippen LogP contribution in [0.4, 0.5) is 20.6 Å². The summed E-state index contributed by atoms with van der Waals surface area (Å²) in [5.74, 6) is -1.72. The molecular formula is C31H30FN5O7. The van der Waals surface area contributed by atoms with Crippen molar-refractivity contribution in [1.82, 2.24) is 15.3 Å². The van der Waals surface area contributed by atoms with E-state index >= 15 is 0 Å². The first-order valence-electron chi connectivity index (χ1n) is 13.5. The molecule has 0 spiro atoms. The first-order valence-corrected chi connectivity index (χ1v) is 13.5. The number of halogens is 1. The molecule has 5 N–H and O–H groups in total. The molecule has 1 atom stereocenters. The molecule has 2 aromatic heterocycles. The Balaban J connectivity index is 1.36. The maximum absolute atomic E-state index is 13.9. The Morgan fingerprint density at radius 2 is 1.77 bits per heavy atom. The van der Waals surface area contributed by atoms with Gasteiger partial charge in [0.1, 0.15) is 17.3 Å². The normalized spacial score (nSPS) is 11.2. The number of nitrogens with one attached hydrogen (secondary N) is 4. The number of hydrogen-bond acceptors (Lipinski definition) is 7. The van der Waals surface area contributed by atoms with Crippen LogP contribution < -0.4 is 20.7 Å². The number of pyridine rings is 1. The van der Waals surface area contributed by atoms with Crippen molar-refractivity contribution in [2.24, 2.45) is 0 Å². The summed E-state index contributed by atoms with van der Waals surface area (Å²) in [6, 6.07) is 14.5. The van der Waals surface area contributed by atoms with Crippen molar-refractivity contribution in [2.45, 2.75) is 32.2 Å². The largest absolute Gasteiger partial charge is 0.481 e. The van der Waals surface area contributed by atoms with Crippen molar-refractivity contribution in [3.63, 3.8) is 0 Å². The molecule has 0 saturated carbocycles. The molecule has 0 saturated heterocycles. The summed E-state index contributed by atoms with van der Waals surface area (Å²) in [6.45, 7) is 1.79. The fraction of sp³-hybridized carbons (Fsp3) is 0.194. The van der Waals surface area contributed by atoms with Gasteiger partial charge >= 0.3 is 18.0 Å². The fourth-order valence-corrected chi connectivity index (χ4v) is 4.13. The summed E-state index contributed by atoms with van der Waals surface area (Å²) in [7, 11) is 1.22. The quantitative estimate of drug-likeness (QED) is 0.132. The summed E-state index contributed by atoms with van der Waals surface area (Å²) < 4.78 is 24.5. The number of aliphatic carboxylic acids is 1. The van der Waals surface area contributed by atoms with Gasteiger partial charge in [0.15, 0.2) is 0 Å². The summed E-state index contributed by atoms with van der Waals surface area (Å²) >= 11 is 0. The number of amides is 3. The number of carboxylic acids is 1. The summed E-state index contributed by atoms with van der Waals surface area (Å²) in [5, 5.41) is 16.8. The van der Waals surface area contributed by atoms with Crippen molar-refractivity contribution in [3.8, 4) is 22.9 Å². The number of benzene rings is 2. The minimum Gasteiger partial charge on any atom is -0.481 e. The molecule has 12 nitrogen and oxygen atoms in total. The SMILES string of the molecule is COC(=O)CC(CCC(=O)O)NC(=O)c1c[nH]c(-c2cc(Oc3ccc(NC(=O)Nc4cc(C)ccc4F)cc3)ccn2)c1. The van der Waals surface area contributed by atoms with Gasteiger partial charge in [0.25, 0.3) is 5.91 Å². The predicted molar refractivity (Wildman–Crippen MR) is 159 cm³/mol. The average Bonchev–Trinajstić information content (AvgIpc) is 3.50. The zero-order valence-electron chi connectivity index (χ0n) is 23.8. The number of carboxylic acid groups (broad SMARTS) is 1. The molecular weight excluding hydrogens is 573 g/mol. The third kappa shape index (κ3) is 8.89. The number of methoxy groups -OCH3 is 1. The monoisotopic (exact) mass is 603 g/mol. The van der Waals surface area contributed by atoms with Crippen LogP contribution in [0.25, 0.3) is 11.4 Å². The van der Waals surface area contributed by atoms with Crippen LogP contribution in [-0.4, -0.2) is 52.1 Å². The number of nitrogens with zero attached hydrogens (tertiary/aromatic N) is 1. The third-order valence-electron chi connectivity index (χ3n) is 6.35. The average molecular weight is 604 g/mol. The van der Waals surface area contributed by atoms with Crippen LogP contribution in [0.1, 0.15) is 35.2 Å². The van der Waals surface area contributed by atoms with E-state index in [1.54, 1.807) is 55.5 Å². The highest BCUT2D eigenvalue weighted by Gasteiger charge is 2.20. The van der Waals surface area contributed by atoms with Gasteiger partial charge in [-0.3, -0.25) is 19.4 Å². The van der Waals surface area contributed by atoms with Crippen molar-refractivity contribution in [1.29, 1.82) is 0 Å². The smallest absolute Gasteiger partial charge is 0.323 e. The summed E-state index contributed by atoms with van der Waals surface area (Å²) in [6.07, 6.45) is 2.69. The van der Waals surface area contributed by atoms with Gasteiger partial charge in [0.05, 0.1) is 36.2 Å². The highest BCUT2D eigenvalue weighted by molar-refractivity contribution is 6.00. The molecule has 0 aliphatic carbocycles. The van der Waals surface area contributed by atoms with Crippen LogP contribution in [0.2, 0.25) is 0 Å². The molecule has 3 amide bonds. The topological polar surface area (TPSA) is 172 Å².